The maximum Gasteiger partial charge on any atom is 0.129 e. The first-order valence-electron chi connectivity index (χ1n) is 11.9. The van der Waals surface area contributed by atoms with Gasteiger partial charge in [-0.1, -0.05) is 27.7 Å². The highest BCUT2D eigenvalue weighted by Gasteiger charge is 2.45. The number of rotatable bonds is 8. The molecule has 0 radical (unpaired) electrons. The molecular formula is C23H46O3Si2. The van der Waals surface area contributed by atoms with Gasteiger partial charge >= 0.3 is 0 Å². The zero-order chi connectivity index (χ0) is 20.4. The molecule has 4 aliphatic rings. The van der Waals surface area contributed by atoms with Gasteiger partial charge in [0, 0.05) is 0 Å². The van der Waals surface area contributed by atoms with Crippen LogP contribution in [0.3, 0.4) is 0 Å². The molecule has 164 valence electrons. The van der Waals surface area contributed by atoms with Gasteiger partial charge < -0.3 is 13.6 Å². The third-order valence-corrected chi connectivity index (χ3v) is 7.64. The summed E-state index contributed by atoms with van der Waals surface area (Å²) in [7, 11) is 1.86. The first kappa shape index (κ1) is 23.0. The van der Waals surface area contributed by atoms with Crippen molar-refractivity contribution in [3.63, 3.8) is 0 Å². The first-order chi connectivity index (χ1) is 13.2. The van der Waals surface area contributed by atoms with E-state index >= 15 is 0 Å². The van der Waals surface area contributed by atoms with Crippen LogP contribution in [0.15, 0.2) is 0 Å². The van der Waals surface area contributed by atoms with Crippen molar-refractivity contribution in [1.82, 2.24) is 0 Å². The van der Waals surface area contributed by atoms with Crippen LogP contribution in [0.1, 0.15) is 98.3 Å². The van der Waals surface area contributed by atoms with Gasteiger partial charge in [0.25, 0.3) is 0 Å². The predicted molar refractivity (Wildman–Crippen MR) is 124 cm³/mol. The molecule has 0 bridgehead atoms. The minimum atomic E-state index is 0.474. The quantitative estimate of drug-likeness (QED) is 0.438. The predicted octanol–water partition coefficient (Wildman–Crippen LogP) is 3.69. The topological polar surface area (TPSA) is 34.3 Å². The summed E-state index contributed by atoms with van der Waals surface area (Å²) in [6.45, 7) is 10.0. The fourth-order valence-corrected chi connectivity index (χ4v) is 6.16. The average Bonchev–Trinajstić information content (AvgIpc) is 3.51. The van der Waals surface area contributed by atoms with Gasteiger partial charge in [-0.15, -0.1) is 0 Å². The maximum absolute atomic E-state index is 5.71. The molecule has 5 heteroatoms. The summed E-state index contributed by atoms with van der Waals surface area (Å²) in [5.74, 6) is 1.86. The number of fused-ring (bicyclic) bond motifs is 2. The van der Waals surface area contributed by atoms with Gasteiger partial charge in [-0.05, 0) is 93.3 Å². The van der Waals surface area contributed by atoms with Crippen molar-refractivity contribution in [1.29, 1.82) is 0 Å². The van der Waals surface area contributed by atoms with E-state index < -0.39 is 0 Å². The molecular weight excluding hydrogens is 380 g/mol. The fourth-order valence-electron chi connectivity index (χ4n) is 6.16. The summed E-state index contributed by atoms with van der Waals surface area (Å²) in [5.41, 5.74) is 0.948. The smallest absolute Gasteiger partial charge is 0.129 e. The number of ether oxygens (including phenoxy) is 2. The number of hydrogen-bond acceptors (Lipinski definition) is 3. The summed E-state index contributed by atoms with van der Waals surface area (Å²) >= 11 is 0. The minimum absolute atomic E-state index is 0.474. The van der Waals surface area contributed by atoms with Crippen molar-refractivity contribution >= 4 is 21.0 Å². The molecule has 0 spiro atoms. The molecule has 0 amide bonds. The second-order valence-corrected chi connectivity index (χ2v) is 15.0. The molecule has 2 saturated heterocycles. The molecule has 2 heterocycles. The van der Waals surface area contributed by atoms with Crippen LogP contribution in [0.25, 0.3) is 0 Å². The maximum atomic E-state index is 5.71. The first-order valence-corrected chi connectivity index (χ1v) is 13.6. The molecule has 0 aromatic rings. The molecule has 2 aliphatic carbocycles. The third-order valence-electron chi connectivity index (χ3n) is 7.64. The third kappa shape index (κ3) is 7.22. The van der Waals surface area contributed by atoms with E-state index in [9.17, 15) is 0 Å². The van der Waals surface area contributed by atoms with E-state index in [1.165, 1.54) is 70.6 Å². The van der Waals surface area contributed by atoms with Crippen molar-refractivity contribution in [2.75, 3.05) is 0 Å². The Morgan fingerprint density at radius 3 is 1.46 bits per heavy atom. The van der Waals surface area contributed by atoms with Crippen LogP contribution >= 0.6 is 0 Å². The second-order valence-electron chi connectivity index (χ2n) is 11.8. The van der Waals surface area contributed by atoms with Gasteiger partial charge in [0.1, 0.15) is 21.0 Å². The largest absolute Gasteiger partial charge is 0.471 e. The lowest BCUT2D eigenvalue weighted by molar-refractivity contribution is 0.146. The van der Waals surface area contributed by atoms with E-state index in [1.54, 1.807) is 0 Å². The van der Waals surface area contributed by atoms with Crippen molar-refractivity contribution in [2.24, 2.45) is 22.7 Å². The summed E-state index contributed by atoms with van der Waals surface area (Å²) in [6.07, 6.45) is 17.7. The monoisotopic (exact) mass is 426 g/mol. The Balaban J connectivity index is 0.000000706. The molecule has 4 rings (SSSR count). The molecule has 6 unspecified atom stereocenters. The van der Waals surface area contributed by atoms with Crippen LogP contribution in [0.5, 0.6) is 0 Å². The van der Waals surface area contributed by atoms with E-state index in [4.69, 9.17) is 9.47 Å². The van der Waals surface area contributed by atoms with Crippen LogP contribution in [-0.2, 0) is 13.6 Å². The van der Waals surface area contributed by atoms with Crippen LogP contribution in [-0.4, -0.2) is 45.4 Å². The molecule has 6 atom stereocenters. The normalized spacial score (nSPS) is 36.9. The Morgan fingerprint density at radius 2 is 1.11 bits per heavy atom. The Bertz CT molecular complexity index is 454. The summed E-state index contributed by atoms with van der Waals surface area (Å²) < 4.78 is 16.0. The Kier molecular flexibility index (Phi) is 7.91. The van der Waals surface area contributed by atoms with E-state index in [0.717, 1.165) is 32.8 Å². The van der Waals surface area contributed by atoms with E-state index in [-0.39, 0.29) is 0 Å². The zero-order valence-electron chi connectivity index (χ0n) is 19.5. The van der Waals surface area contributed by atoms with Gasteiger partial charge in [-0.25, -0.2) is 0 Å². The SMILES string of the molecule is CC(C)(CCC1CCC2OC2C1)CC(C)(C)CCC1CCC2OC2C1.[SiH3]O[SiH3]. The Hall–Kier alpha value is 0.314. The van der Waals surface area contributed by atoms with Gasteiger partial charge in [0.15, 0.2) is 0 Å². The average molecular weight is 427 g/mol. The van der Waals surface area contributed by atoms with Gasteiger partial charge in [0.05, 0.1) is 24.4 Å². The molecule has 3 nitrogen and oxygen atoms in total. The van der Waals surface area contributed by atoms with Crippen LogP contribution in [0.2, 0.25) is 0 Å². The van der Waals surface area contributed by atoms with Crippen molar-refractivity contribution in [2.45, 2.75) is 123 Å². The molecule has 2 aliphatic heterocycles. The van der Waals surface area contributed by atoms with Gasteiger partial charge in [-0.2, -0.15) is 0 Å². The highest BCUT2D eigenvalue weighted by Crippen LogP contribution is 2.46. The Morgan fingerprint density at radius 1 is 0.714 bits per heavy atom. The Labute approximate surface area is 180 Å². The summed E-state index contributed by atoms with van der Waals surface area (Å²) in [4.78, 5) is 0. The van der Waals surface area contributed by atoms with Crippen LogP contribution < -0.4 is 0 Å². The summed E-state index contributed by atoms with van der Waals surface area (Å²) in [6, 6.07) is 0. The van der Waals surface area contributed by atoms with Crippen molar-refractivity contribution in [3.8, 4) is 0 Å². The van der Waals surface area contributed by atoms with Crippen molar-refractivity contribution < 1.29 is 13.6 Å². The van der Waals surface area contributed by atoms with E-state index in [1.807, 2.05) is 0 Å². The minimum Gasteiger partial charge on any atom is -0.471 e. The lowest BCUT2D eigenvalue weighted by Crippen LogP contribution is -2.26. The van der Waals surface area contributed by atoms with Gasteiger partial charge in [-0.3, -0.25) is 0 Å². The molecule has 0 N–H and O–H groups in total. The molecule has 0 aromatic carbocycles. The zero-order valence-corrected chi connectivity index (χ0v) is 23.5. The molecule has 0 aromatic heterocycles. The molecule has 2 saturated carbocycles. The highest BCUT2D eigenvalue weighted by atomic mass is 28.3. The van der Waals surface area contributed by atoms with Gasteiger partial charge in [0.2, 0.25) is 0 Å². The molecule has 28 heavy (non-hydrogen) atoms. The summed E-state index contributed by atoms with van der Waals surface area (Å²) in [5, 5.41) is 0. The van der Waals surface area contributed by atoms with E-state index in [0.29, 0.717) is 35.2 Å². The second kappa shape index (κ2) is 9.63. The van der Waals surface area contributed by atoms with Crippen LogP contribution in [0, 0.1) is 22.7 Å². The highest BCUT2D eigenvalue weighted by molar-refractivity contribution is 6.15. The lowest BCUT2D eigenvalue weighted by atomic mass is 9.68. The fraction of sp³-hybridized carbons (Fsp3) is 1.00. The molecule has 4 fully saturated rings. The lowest BCUT2D eigenvalue weighted by Gasteiger charge is -2.37. The van der Waals surface area contributed by atoms with E-state index in [2.05, 4.69) is 31.8 Å². The van der Waals surface area contributed by atoms with Crippen molar-refractivity contribution in [3.05, 3.63) is 0 Å². The standard InChI is InChI=1S/C23H40O2.H6OSi2/c1-22(2,11-9-16-5-7-18-20(13-16)24-18)15-23(3,4)12-10-17-6-8-19-21(14-17)25-19;2-1-3/h16-21H,5-15H2,1-4H3;2-3H3. The van der Waals surface area contributed by atoms with Crippen LogP contribution in [0.4, 0.5) is 0 Å². The number of epoxide rings is 2. The number of hydrogen-bond donors (Lipinski definition) is 0.